The van der Waals surface area contributed by atoms with Gasteiger partial charge in [-0.25, -0.2) is 9.78 Å². The molecular weight excluding hydrogens is 426 g/mol. The lowest BCUT2D eigenvalue weighted by atomic mass is 10.1. The molecule has 1 N–H and O–H groups in total. The van der Waals surface area contributed by atoms with E-state index in [4.69, 9.17) is 16.0 Å². The predicted octanol–water partition coefficient (Wildman–Crippen LogP) is 3.71. The van der Waals surface area contributed by atoms with E-state index in [2.05, 4.69) is 9.97 Å². The Morgan fingerprint density at radius 1 is 1.23 bits per heavy atom. The van der Waals surface area contributed by atoms with Crippen molar-refractivity contribution in [3.63, 3.8) is 0 Å². The molecule has 0 fully saturated rings. The number of imidazole rings is 1. The van der Waals surface area contributed by atoms with Gasteiger partial charge in [0.1, 0.15) is 5.76 Å². The summed E-state index contributed by atoms with van der Waals surface area (Å²) in [6, 6.07) is 7.42. The maximum absolute atomic E-state index is 12.4. The van der Waals surface area contributed by atoms with Crippen molar-refractivity contribution in [3.8, 4) is 22.9 Å². The van der Waals surface area contributed by atoms with E-state index in [0.29, 0.717) is 29.5 Å². The Kier molecular flexibility index (Phi) is 5.24. The van der Waals surface area contributed by atoms with Crippen LogP contribution in [0.25, 0.3) is 34.1 Å². The van der Waals surface area contributed by atoms with Gasteiger partial charge in [-0.3, -0.25) is 24.5 Å². The maximum atomic E-state index is 12.4. The van der Waals surface area contributed by atoms with Crippen LogP contribution in [0.1, 0.15) is 19.8 Å². The summed E-state index contributed by atoms with van der Waals surface area (Å²) in [5, 5.41) is 11.1. The first-order valence-electron chi connectivity index (χ1n) is 9.56. The Morgan fingerprint density at radius 3 is 2.65 bits per heavy atom. The predicted molar refractivity (Wildman–Crippen MR) is 115 cm³/mol. The number of hydrogen-bond donors (Lipinski definition) is 1. The zero-order valence-corrected chi connectivity index (χ0v) is 17.5. The first kappa shape index (κ1) is 20.6. The molecule has 0 saturated heterocycles. The van der Waals surface area contributed by atoms with E-state index in [1.54, 1.807) is 23.7 Å². The summed E-state index contributed by atoms with van der Waals surface area (Å²) < 4.78 is 8.91. The Bertz CT molecular complexity index is 1430. The van der Waals surface area contributed by atoms with Gasteiger partial charge in [-0.05, 0) is 24.6 Å². The Balaban J connectivity index is 1.82. The summed E-state index contributed by atoms with van der Waals surface area (Å²) in [4.78, 5) is 41.9. The fraction of sp³-hybridized carbons (Fsp3) is 0.250. The number of nitro groups is 1. The second-order valence-electron chi connectivity index (χ2n) is 7.02. The second kappa shape index (κ2) is 7.88. The number of non-ortho nitro benzene ring substituents is 1. The average Bonchev–Trinajstić information content (AvgIpc) is 3.32. The Morgan fingerprint density at radius 2 is 1.97 bits per heavy atom. The van der Waals surface area contributed by atoms with Crippen LogP contribution < -0.4 is 11.2 Å². The number of aryl methyl sites for hydroxylation is 2. The lowest BCUT2D eigenvalue weighted by Crippen LogP contribution is -2.31. The number of nitrogens with one attached hydrogen (secondary N) is 1. The quantitative estimate of drug-likeness (QED) is 0.357. The summed E-state index contributed by atoms with van der Waals surface area (Å²) in [7, 11) is 1.66. The molecule has 3 heterocycles. The van der Waals surface area contributed by atoms with Crippen molar-refractivity contribution in [2.24, 2.45) is 7.05 Å². The van der Waals surface area contributed by atoms with Crippen molar-refractivity contribution in [1.82, 2.24) is 19.1 Å². The zero-order valence-electron chi connectivity index (χ0n) is 16.7. The molecule has 31 heavy (non-hydrogen) atoms. The van der Waals surface area contributed by atoms with E-state index in [1.807, 2.05) is 6.92 Å². The fourth-order valence-corrected chi connectivity index (χ4v) is 3.68. The summed E-state index contributed by atoms with van der Waals surface area (Å²) >= 11 is 6.20. The number of aromatic amines is 1. The molecule has 0 radical (unpaired) electrons. The number of fused-ring (bicyclic) bond motifs is 1. The minimum absolute atomic E-state index is 0.125. The molecule has 3 aromatic heterocycles. The summed E-state index contributed by atoms with van der Waals surface area (Å²) in [6.07, 6.45) is 1.64. The number of H-pyrrole nitrogens is 1. The van der Waals surface area contributed by atoms with Crippen LogP contribution in [0.15, 0.2) is 44.3 Å². The van der Waals surface area contributed by atoms with Gasteiger partial charge in [-0.1, -0.05) is 24.9 Å². The van der Waals surface area contributed by atoms with Crippen LogP contribution in [0.2, 0.25) is 5.02 Å². The van der Waals surface area contributed by atoms with E-state index < -0.39 is 16.2 Å². The van der Waals surface area contributed by atoms with Crippen molar-refractivity contribution in [3.05, 3.63) is 66.3 Å². The third-order valence-corrected chi connectivity index (χ3v) is 5.32. The summed E-state index contributed by atoms with van der Waals surface area (Å²) in [6.45, 7) is 2.44. The molecule has 0 bridgehead atoms. The van der Waals surface area contributed by atoms with Crippen molar-refractivity contribution >= 4 is 28.5 Å². The van der Waals surface area contributed by atoms with Crippen LogP contribution in [0.3, 0.4) is 0 Å². The van der Waals surface area contributed by atoms with Crippen LogP contribution in [0.5, 0.6) is 0 Å². The zero-order chi connectivity index (χ0) is 22.3. The van der Waals surface area contributed by atoms with Crippen molar-refractivity contribution < 1.29 is 9.34 Å². The van der Waals surface area contributed by atoms with E-state index in [0.717, 1.165) is 12.8 Å². The van der Waals surface area contributed by atoms with Gasteiger partial charge in [-0.15, -0.1) is 0 Å². The number of halogens is 1. The monoisotopic (exact) mass is 443 g/mol. The number of furan rings is 1. The van der Waals surface area contributed by atoms with E-state index in [-0.39, 0.29) is 21.9 Å². The number of benzene rings is 1. The third kappa shape index (κ3) is 3.55. The van der Waals surface area contributed by atoms with Crippen LogP contribution in [0, 0.1) is 10.1 Å². The van der Waals surface area contributed by atoms with Gasteiger partial charge in [0.25, 0.3) is 11.2 Å². The van der Waals surface area contributed by atoms with E-state index >= 15 is 0 Å². The minimum atomic E-state index is -0.529. The molecule has 0 aliphatic heterocycles. The molecular formula is C20H18ClN5O5. The highest BCUT2D eigenvalue weighted by Gasteiger charge is 2.20. The van der Waals surface area contributed by atoms with Gasteiger partial charge < -0.3 is 8.98 Å². The minimum Gasteiger partial charge on any atom is -0.453 e. The van der Waals surface area contributed by atoms with Gasteiger partial charge in [0.2, 0.25) is 0 Å². The number of nitrogens with zero attached hydrogens (tertiary/aromatic N) is 4. The maximum Gasteiger partial charge on any atom is 0.330 e. The van der Waals surface area contributed by atoms with Gasteiger partial charge >= 0.3 is 5.69 Å². The molecule has 4 rings (SSSR count). The fourth-order valence-electron chi connectivity index (χ4n) is 3.41. The van der Waals surface area contributed by atoms with Crippen molar-refractivity contribution in [2.45, 2.75) is 26.3 Å². The first-order valence-corrected chi connectivity index (χ1v) is 9.93. The summed E-state index contributed by atoms with van der Waals surface area (Å²) in [5.74, 6) is 1.11. The molecule has 0 unspecified atom stereocenters. The standard InChI is InChI=1S/C20H18ClN5O5/c1-3-4-9-25-18-16(19(27)23-20(25)28)24(2)17(22-18)15-8-7-14(31-15)12-6-5-11(26(29)30)10-13(12)21/h5-8,10H,3-4,9H2,1-2H3,(H,23,27,28). The van der Waals surface area contributed by atoms with Crippen molar-refractivity contribution in [1.29, 1.82) is 0 Å². The number of unbranched alkanes of at least 4 members (excludes halogenated alkanes) is 1. The highest BCUT2D eigenvalue weighted by Crippen LogP contribution is 2.34. The van der Waals surface area contributed by atoms with Gasteiger partial charge in [0.05, 0.1) is 9.95 Å². The highest BCUT2D eigenvalue weighted by molar-refractivity contribution is 6.33. The molecule has 4 aromatic rings. The van der Waals surface area contributed by atoms with Crippen LogP contribution in [-0.2, 0) is 13.6 Å². The van der Waals surface area contributed by atoms with E-state index in [9.17, 15) is 19.7 Å². The Hall–Kier alpha value is -3.66. The van der Waals surface area contributed by atoms with Crippen LogP contribution in [0.4, 0.5) is 5.69 Å². The lowest BCUT2D eigenvalue weighted by Gasteiger charge is -2.04. The molecule has 0 aliphatic carbocycles. The molecule has 0 aliphatic rings. The number of rotatable bonds is 6. The average molecular weight is 444 g/mol. The molecule has 1 aromatic carbocycles. The van der Waals surface area contributed by atoms with Gasteiger partial charge in [0.15, 0.2) is 22.7 Å². The topological polar surface area (TPSA) is 129 Å². The molecule has 10 nitrogen and oxygen atoms in total. The summed E-state index contributed by atoms with van der Waals surface area (Å²) in [5.41, 5.74) is -0.134. The normalized spacial score (nSPS) is 11.3. The van der Waals surface area contributed by atoms with Crippen molar-refractivity contribution in [2.75, 3.05) is 0 Å². The lowest BCUT2D eigenvalue weighted by molar-refractivity contribution is -0.384. The molecule has 0 spiro atoms. The Labute approximate surface area is 179 Å². The number of hydrogen-bond acceptors (Lipinski definition) is 6. The van der Waals surface area contributed by atoms with Gasteiger partial charge in [-0.2, -0.15) is 0 Å². The smallest absolute Gasteiger partial charge is 0.330 e. The molecule has 0 amide bonds. The van der Waals surface area contributed by atoms with Crippen LogP contribution in [-0.4, -0.2) is 24.0 Å². The SMILES string of the molecule is CCCCn1c(=O)[nH]c(=O)c2c1nc(-c1ccc(-c3ccc([N+](=O)[O-])cc3Cl)o1)n2C. The highest BCUT2D eigenvalue weighted by atomic mass is 35.5. The molecule has 160 valence electrons. The first-order chi connectivity index (χ1) is 14.8. The molecule has 11 heteroatoms. The third-order valence-electron chi connectivity index (χ3n) is 5.00. The number of aromatic nitrogens is 4. The molecule has 0 atom stereocenters. The van der Waals surface area contributed by atoms with E-state index in [1.165, 1.54) is 22.8 Å². The second-order valence-corrected chi connectivity index (χ2v) is 7.42. The number of nitro benzene ring substituents is 1. The van der Waals surface area contributed by atoms with Crippen LogP contribution >= 0.6 is 11.6 Å². The largest absolute Gasteiger partial charge is 0.453 e. The molecule has 0 saturated carbocycles. The van der Waals surface area contributed by atoms with Gasteiger partial charge in [0, 0.05) is 31.3 Å².